The molecule has 4 aromatic rings. The number of likely N-dealkylation sites (tertiary alicyclic amines) is 1. The van der Waals surface area contributed by atoms with Gasteiger partial charge in [0.25, 0.3) is 0 Å². The molecule has 3 aromatic carbocycles. The van der Waals surface area contributed by atoms with Gasteiger partial charge in [0, 0.05) is 17.8 Å². The molecule has 0 saturated carbocycles. The van der Waals surface area contributed by atoms with Crippen LogP contribution in [-0.2, 0) is 6.54 Å². The largest absolute Gasteiger partial charge is 0.357 e. The zero-order chi connectivity index (χ0) is 18.8. The Balaban J connectivity index is 1.37. The van der Waals surface area contributed by atoms with Gasteiger partial charge in [0.05, 0.1) is 6.04 Å². The number of aromatic amines is 1. The number of aromatic nitrogens is 1. The molecule has 1 saturated heterocycles. The van der Waals surface area contributed by atoms with Crippen LogP contribution < -0.4 is 0 Å². The van der Waals surface area contributed by atoms with Crippen molar-refractivity contribution in [1.29, 1.82) is 0 Å². The van der Waals surface area contributed by atoms with E-state index in [-0.39, 0.29) is 0 Å². The van der Waals surface area contributed by atoms with Crippen molar-refractivity contribution in [2.24, 2.45) is 0 Å². The Labute approximate surface area is 166 Å². The Morgan fingerprint density at radius 2 is 1.54 bits per heavy atom. The molecule has 0 spiro atoms. The second-order valence-corrected chi connectivity index (χ2v) is 7.86. The highest BCUT2D eigenvalue weighted by molar-refractivity contribution is 5.80. The van der Waals surface area contributed by atoms with Gasteiger partial charge in [-0.05, 0) is 53.6 Å². The van der Waals surface area contributed by atoms with E-state index in [1.807, 2.05) is 0 Å². The van der Waals surface area contributed by atoms with Crippen LogP contribution in [0.5, 0.6) is 0 Å². The highest BCUT2D eigenvalue weighted by atomic mass is 15.2. The summed E-state index contributed by atoms with van der Waals surface area (Å²) < 4.78 is 0. The third-order valence-electron chi connectivity index (χ3n) is 5.97. The van der Waals surface area contributed by atoms with Gasteiger partial charge in [-0.15, -0.1) is 0 Å². The van der Waals surface area contributed by atoms with Crippen molar-refractivity contribution in [2.75, 3.05) is 6.54 Å². The molecule has 1 aliphatic rings. The number of rotatable bonds is 4. The van der Waals surface area contributed by atoms with Crippen LogP contribution in [0.3, 0.4) is 0 Å². The van der Waals surface area contributed by atoms with Crippen LogP contribution in [0.4, 0.5) is 0 Å². The van der Waals surface area contributed by atoms with Crippen LogP contribution >= 0.6 is 0 Å². The summed E-state index contributed by atoms with van der Waals surface area (Å²) in [7, 11) is 0. The molecule has 2 heteroatoms. The summed E-state index contributed by atoms with van der Waals surface area (Å²) >= 11 is 0. The normalized spacial score (nSPS) is 17.8. The zero-order valence-electron chi connectivity index (χ0n) is 16.1. The number of para-hydroxylation sites is 1. The molecule has 2 nitrogen and oxygen atoms in total. The van der Waals surface area contributed by atoms with E-state index < -0.39 is 0 Å². The average molecular weight is 367 g/mol. The van der Waals surface area contributed by atoms with Gasteiger partial charge in [-0.25, -0.2) is 0 Å². The molecule has 5 rings (SSSR count). The first-order valence-corrected chi connectivity index (χ1v) is 10.3. The number of H-pyrrole nitrogens is 1. The van der Waals surface area contributed by atoms with Gasteiger partial charge in [0.15, 0.2) is 0 Å². The molecule has 0 amide bonds. The number of nitrogens with one attached hydrogen (secondary N) is 1. The molecule has 1 fully saturated rings. The monoisotopic (exact) mass is 366 g/mol. The van der Waals surface area contributed by atoms with E-state index in [0.29, 0.717) is 6.04 Å². The van der Waals surface area contributed by atoms with E-state index in [9.17, 15) is 0 Å². The molecule has 0 radical (unpaired) electrons. The summed E-state index contributed by atoms with van der Waals surface area (Å²) in [6.45, 7) is 2.18. The Hall–Kier alpha value is -2.84. The third-order valence-corrected chi connectivity index (χ3v) is 5.97. The maximum Gasteiger partial charge on any atom is 0.0502 e. The van der Waals surface area contributed by atoms with Gasteiger partial charge >= 0.3 is 0 Å². The summed E-state index contributed by atoms with van der Waals surface area (Å²) in [6.07, 6.45) is 3.83. The molecular weight excluding hydrogens is 340 g/mol. The van der Waals surface area contributed by atoms with Crippen LogP contribution in [0.25, 0.3) is 22.0 Å². The lowest BCUT2D eigenvalue weighted by molar-refractivity contribution is 0.138. The van der Waals surface area contributed by atoms with Crippen molar-refractivity contribution >= 4 is 10.9 Å². The molecule has 1 unspecified atom stereocenters. The van der Waals surface area contributed by atoms with Crippen LogP contribution in [0.2, 0.25) is 0 Å². The Morgan fingerprint density at radius 1 is 0.786 bits per heavy atom. The minimum Gasteiger partial charge on any atom is -0.357 e. The van der Waals surface area contributed by atoms with Gasteiger partial charge < -0.3 is 4.98 Å². The first-order chi connectivity index (χ1) is 13.9. The molecule has 1 N–H and O–H groups in total. The Morgan fingerprint density at radius 3 is 2.36 bits per heavy atom. The molecule has 2 heterocycles. The molecule has 140 valence electrons. The summed E-state index contributed by atoms with van der Waals surface area (Å²) in [5.74, 6) is 0. The van der Waals surface area contributed by atoms with E-state index in [1.54, 1.807) is 0 Å². The quantitative estimate of drug-likeness (QED) is 0.433. The number of hydrogen-bond donors (Lipinski definition) is 1. The maximum atomic E-state index is 3.67. The standard InChI is InChI=1S/C26H26N2/c1-2-8-21(9-3-1)22-15-13-20(14-16-22)19-28-17-7-6-12-26(28)25-18-23-10-4-5-11-24(23)27-25/h1-5,8-11,13-16,18,26-27H,6-7,12,17,19H2. The minimum atomic E-state index is 0.481. The summed E-state index contributed by atoms with van der Waals surface area (Å²) in [6, 6.07) is 31.1. The highest BCUT2D eigenvalue weighted by Crippen LogP contribution is 2.33. The predicted molar refractivity (Wildman–Crippen MR) is 117 cm³/mol. The van der Waals surface area contributed by atoms with E-state index in [0.717, 1.165) is 6.54 Å². The van der Waals surface area contributed by atoms with Crippen molar-refractivity contribution in [3.05, 3.63) is 96.2 Å². The number of fused-ring (bicyclic) bond motifs is 1. The van der Waals surface area contributed by atoms with Gasteiger partial charge in [-0.2, -0.15) is 0 Å². The zero-order valence-corrected chi connectivity index (χ0v) is 16.1. The van der Waals surface area contributed by atoms with Crippen molar-refractivity contribution in [1.82, 2.24) is 9.88 Å². The topological polar surface area (TPSA) is 19.0 Å². The van der Waals surface area contributed by atoms with E-state index in [4.69, 9.17) is 0 Å². The molecule has 1 atom stereocenters. The maximum absolute atomic E-state index is 3.67. The molecular formula is C26H26N2. The summed E-state index contributed by atoms with van der Waals surface area (Å²) in [4.78, 5) is 6.31. The lowest BCUT2D eigenvalue weighted by Crippen LogP contribution is -2.33. The number of benzene rings is 3. The number of hydrogen-bond acceptors (Lipinski definition) is 1. The Bertz CT molecular complexity index is 1010. The second kappa shape index (κ2) is 7.65. The summed E-state index contributed by atoms with van der Waals surface area (Å²) in [5.41, 5.74) is 6.57. The van der Waals surface area contributed by atoms with Gasteiger partial charge in [0.1, 0.15) is 0 Å². The van der Waals surface area contributed by atoms with Gasteiger partial charge in [0.2, 0.25) is 0 Å². The SMILES string of the molecule is c1ccc(-c2ccc(CN3CCCCC3c3cc4ccccc4[nH]3)cc2)cc1. The van der Waals surface area contributed by atoms with E-state index in [2.05, 4.69) is 94.8 Å². The molecule has 0 bridgehead atoms. The number of piperidine rings is 1. The van der Waals surface area contributed by atoms with Crippen LogP contribution in [0.1, 0.15) is 36.6 Å². The molecule has 28 heavy (non-hydrogen) atoms. The number of nitrogens with zero attached hydrogens (tertiary/aromatic N) is 1. The smallest absolute Gasteiger partial charge is 0.0502 e. The third kappa shape index (κ3) is 3.48. The van der Waals surface area contributed by atoms with Gasteiger partial charge in [-0.1, -0.05) is 79.2 Å². The van der Waals surface area contributed by atoms with Crippen LogP contribution in [-0.4, -0.2) is 16.4 Å². The predicted octanol–water partition coefficient (Wildman–Crippen LogP) is 6.56. The van der Waals surface area contributed by atoms with Crippen molar-refractivity contribution in [3.8, 4) is 11.1 Å². The lowest BCUT2D eigenvalue weighted by atomic mass is 9.98. The summed E-state index contributed by atoms with van der Waals surface area (Å²) in [5, 5.41) is 1.32. The highest BCUT2D eigenvalue weighted by Gasteiger charge is 2.25. The first-order valence-electron chi connectivity index (χ1n) is 10.3. The molecule has 1 aliphatic heterocycles. The molecule has 1 aromatic heterocycles. The average Bonchev–Trinajstić information content (AvgIpc) is 3.19. The van der Waals surface area contributed by atoms with Crippen LogP contribution in [0.15, 0.2) is 84.9 Å². The molecule has 0 aliphatic carbocycles. The first kappa shape index (κ1) is 17.3. The lowest BCUT2D eigenvalue weighted by Gasteiger charge is -2.35. The van der Waals surface area contributed by atoms with Crippen LogP contribution in [0, 0.1) is 0 Å². The Kier molecular flexibility index (Phi) is 4.72. The fourth-order valence-electron chi connectivity index (χ4n) is 4.48. The fourth-order valence-corrected chi connectivity index (χ4v) is 4.48. The van der Waals surface area contributed by atoms with Crippen molar-refractivity contribution in [3.63, 3.8) is 0 Å². The minimum absolute atomic E-state index is 0.481. The fraction of sp³-hybridized carbons (Fsp3) is 0.231. The van der Waals surface area contributed by atoms with Gasteiger partial charge in [-0.3, -0.25) is 4.90 Å². The van der Waals surface area contributed by atoms with Crippen molar-refractivity contribution < 1.29 is 0 Å². The van der Waals surface area contributed by atoms with E-state index in [1.165, 1.54) is 59.1 Å². The van der Waals surface area contributed by atoms with Crippen molar-refractivity contribution in [2.45, 2.75) is 31.8 Å². The van der Waals surface area contributed by atoms with E-state index >= 15 is 0 Å². The second-order valence-electron chi connectivity index (χ2n) is 7.86.